The first kappa shape index (κ1) is 15.9. The molecular weight excluding hydrogens is 271 g/mol. The summed E-state index contributed by atoms with van der Waals surface area (Å²) in [5.41, 5.74) is 0.105. The predicted octanol–water partition coefficient (Wildman–Crippen LogP) is -0.973. The van der Waals surface area contributed by atoms with Crippen LogP contribution in [0.5, 0.6) is 0 Å². The zero-order valence-corrected chi connectivity index (χ0v) is 13.2. The van der Waals surface area contributed by atoms with Crippen molar-refractivity contribution in [2.45, 2.75) is 13.3 Å². The average molecular weight is 280 g/mol. The fourth-order valence-corrected chi connectivity index (χ4v) is 1.44. The van der Waals surface area contributed by atoms with E-state index in [0.717, 1.165) is 12.1 Å². The summed E-state index contributed by atoms with van der Waals surface area (Å²) in [6.45, 7) is -3.27. The Balaban J connectivity index is 0.00000162. The third-order valence-electron chi connectivity index (χ3n) is 2.28. The summed E-state index contributed by atoms with van der Waals surface area (Å²) in [4.78, 5) is 0. The SMILES string of the molecule is Cc1nnc(Cc2ccc([B-](F)(F)F)cc2)o1.[K+]. The molecule has 0 atom stereocenters. The quantitative estimate of drug-likeness (QED) is 0.679. The van der Waals surface area contributed by atoms with Gasteiger partial charge in [-0.25, -0.2) is 0 Å². The van der Waals surface area contributed by atoms with Gasteiger partial charge in [0, 0.05) is 6.92 Å². The minimum Gasteiger partial charge on any atom is -0.445 e. The summed E-state index contributed by atoms with van der Waals surface area (Å²) < 4.78 is 42.3. The molecule has 2 rings (SSSR count). The first-order valence-electron chi connectivity index (χ1n) is 5.03. The first-order chi connectivity index (χ1) is 7.95. The maximum Gasteiger partial charge on any atom is 1.00 e. The van der Waals surface area contributed by atoms with E-state index < -0.39 is 12.4 Å². The van der Waals surface area contributed by atoms with Gasteiger partial charge in [-0.3, -0.25) is 0 Å². The van der Waals surface area contributed by atoms with Crippen molar-refractivity contribution >= 4 is 12.4 Å². The van der Waals surface area contributed by atoms with Crippen molar-refractivity contribution < 1.29 is 68.7 Å². The van der Waals surface area contributed by atoms with Gasteiger partial charge in [-0.1, -0.05) is 24.3 Å². The van der Waals surface area contributed by atoms with Crippen LogP contribution in [0.15, 0.2) is 28.7 Å². The van der Waals surface area contributed by atoms with Crippen molar-refractivity contribution in [1.29, 1.82) is 0 Å². The van der Waals surface area contributed by atoms with E-state index >= 15 is 0 Å². The molecule has 0 radical (unpaired) electrons. The van der Waals surface area contributed by atoms with Crippen LogP contribution in [0.2, 0.25) is 0 Å². The van der Waals surface area contributed by atoms with Crippen molar-refractivity contribution in [2.24, 2.45) is 0 Å². The third-order valence-corrected chi connectivity index (χ3v) is 2.28. The molecule has 0 spiro atoms. The molecule has 0 aliphatic heterocycles. The summed E-state index contributed by atoms with van der Waals surface area (Å²) >= 11 is 0. The van der Waals surface area contributed by atoms with Crippen LogP contribution in [0, 0.1) is 6.92 Å². The standard InChI is InChI=1S/C10H9BF3N2O.K/c1-7-15-16-10(17-7)6-8-2-4-9(5-3-8)11(12,13)14;/h2-5H,6H2,1H3;/q-1;+1. The molecule has 0 aliphatic carbocycles. The second-order valence-electron chi connectivity index (χ2n) is 3.71. The van der Waals surface area contributed by atoms with Crippen LogP contribution in [0.25, 0.3) is 0 Å². The second-order valence-corrected chi connectivity index (χ2v) is 3.71. The van der Waals surface area contributed by atoms with Gasteiger partial charge in [-0.15, -0.1) is 15.7 Å². The zero-order chi connectivity index (χ0) is 12.5. The van der Waals surface area contributed by atoms with Crippen LogP contribution in [-0.4, -0.2) is 17.2 Å². The number of aryl methyl sites for hydroxylation is 1. The monoisotopic (exact) mass is 280 g/mol. The van der Waals surface area contributed by atoms with Crippen LogP contribution < -0.4 is 56.8 Å². The first-order valence-corrected chi connectivity index (χ1v) is 5.03. The molecule has 18 heavy (non-hydrogen) atoms. The Morgan fingerprint density at radius 2 is 1.72 bits per heavy atom. The van der Waals surface area contributed by atoms with Crippen LogP contribution in [0.4, 0.5) is 12.9 Å². The van der Waals surface area contributed by atoms with Gasteiger partial charge in [-0.05, 0) is 5.56 Å². The van der Waals surface area contributed by atoms with Crippen molar-refractivity contribution in [3.8, 4) is 0 Å². The van der Waals surface area contributed by atoms with Crippen LogP contribution in [0.3, 0.4) is 0 Å². The van der Waals surface area contributed by atoms with Gasteiger partial charge in [0.2, 0.25) is 11.8 Å². The molecule has 90 valence electrons. The van der Waals surface area contributed by atoms with E-state index in [0.29, 0.717) is 23.8 Å². The van der Waals surface area contributed by atoms with E-state index in [4.69, 9.17) is 4.42 Å². The van der Waals surface area contributed by atoms with Crippen LogP contribution in [-0.2, 0) is 6.42 Å². The van der Waals surface area contributed by atoms with Crippen molar-refractivity contribution in [2.75, 3.05) is 0 Å². The van der Waals surface area contributed by atoms with Gasteiger partial charge >= 0.3 is 58.4 Å². The van der Waals surface area contributed by atoms with Crippen molar-refractivity contribution in [1.82, 2.24) is 10.2 Å². The van der Waals surface area contributed by atoms with E-state index in [1.54, 1.807) is 6.92 Å². The molecule has 8 heteroatoms. The number of halogens is 3. The molecule has 2 aromatic rings. The Kier molecular flexibility index (Phi) is 5.60. The van der Waals surface area contributed by atoms with Gasteiger partial charge in [0.1, 0.15) is 0 Å². The summed E-state index contributed by atoms with van der Waals surface area (Å²) in [5, 5.41) is 7.42. The molecule has 0 saturated heterocycles. The smallest absolute Gasteiger partial charge is 0.445 e. The summed E-state index contributed by atoms with van der Waals surface area (Å²) in [6.07, 6.45) is 0.339. The Labute approximate surface area is 145 Å². The Morgan fingerprint density at radius 3 is 2.17 bits per heavy atom. The topological polar surface area (TPSA) is 38.9 Å². The minimum absolute atomic E-state index is 0. The van der Waals surface area contributed by atoms with Gasteiger partial charge < -0.3 is 17.4 Å². The molecule has 0 N–H and O–H groups in total. The molecule has 0 bridgehead atoms. The third kappa shape index (κ3) is 4.20. The maximum atomic E-state index is 12.4. The number of hydrogen-bond acceptors (Lipinski definition) is 3. The molecule has 0 fully saturated rings. The molecule has 3 nitrogen and oxygen atoms in total. The molecule has 0 amide bonds. The van der Waals surface area contributed by atoms with E-state index in [-0.39, 0.29) is 51.4 Å². The Hall–Kier alpha value is -0.149. The molecule has 1 aromatic carbocycles. The van der Waals surface area contributed by atoms with Gasteiger partial charge in [0.25, 0.3) is 0 Å². The number of rotatable bonds is 3. The Bertz CT molecular complexity index is 513. The summed E-state index contributed by atoms with van der Waals surface area (Å²) in [7, 11) is 0. The molecule has 0 unspecified atom stereocenters. The van der Waals surface area contributed by atoms with Crippen LogP contribution >= 0.6 is 0 Å². The van der Waals surface area contributed by atoms with Crippen LogP contribution in [0.1, 0.15) is 17.3 Å². The van der Waals surface area contributed by atoms with E-state index in [1.165, 1.54) is 12.1 Å². The molecule has 1 heterocycles. The number of benzene rings is 1. The largest absolute Gasteiger partial charge is 1.00 e. The molecule has 0 aliphatic rings. The number of nitrogens with zero attached hydrogens (tertiary/aromatic N) is 2. The zero-order valence-electron chi connectivity index (χ0n) is 10.0. The minimum atomic E-state index is -4.93. The molecule has 1 aromatic heterocycles. The predicted molar refractivity (Wildman–Crippen MR) is 57.0 cm³/mol. The summed E-state index contributed by atoms with van der Waals surface area (Å²) in [6, 6.07) is 4.98. The van der Waals surface area contributed by atoms with E-state index in [9.17, 15) is 12.9 Å². The van der Waals surface area contributed by atoms with Crippen molar-refractivity contribution in [3.05, 3.63) is 41.6 Å². The van der Waals surface area contributed by atoms with E-state index in [2.05, 4.69) is 10.2 Å². The van der Waals surface area contributed by atoms with E-state index in [1.807, 2.05) is 0 Å². The maximum absolute atomic E-state index is 12.4. The number of hydrogen-bond donors (Lipinski definition) is 0. The Morgan fingerprint density at radius 1 is 1.11 bits per heavy atom. The number of aromatic nitrogens is 2. The molecular formula is C10H9BF3KN2O. The average Bonchev–Trinajstić information content (AvgIpc) is 2.63. The van der Waals surface area contributed by atoms with Gasteiger partial charge in [0.05, 0.1) is 6.42 Å². The second kappa shape index (κ2) is 6.34. The van der Waals surface area contributed by atoms with Gasteiger partial charge in [0.15, 0.2) is 0 Å². The van der Waals surface area contributed by atoms with Crippen molar-refractivity contribution in [3.63, 3.8) is 0 Å². The fourth-order valence-electron chi connectivity index (χ4n) is 1.44. The molecule has 0 saturated carbocycles. The fraction of sp³-hybridized carbons (Fsp3) is 0.200. The van der Waals surface area contributed by atoms with Gasteiger partial charge in [-0.2, -0.15) is 0 Å². The normalized spacial score (nSPS) is 11.1. The summed E-state index contributed by atoms with van der Waals surface area (Å²) in [5.74, 6) is 0.836.